The minimum absolute atomic E-state index is 0.0194. The molecule has 6 nitrogen and oxygen atoms in total. The minimum atomic E-state index is 0.0194. The highest BCUT2D eigenvalue weighted by Gasteiger charge is 2.33. The molecule has 7 heteroatoms. The Balaban J connectivity index is 1.52. The molecule has 29 heavy (non-hydrogen) atoms. The number of morpholine rings is 1. The summed E-state index contributed by atoms with van der Waals surface area (Å²) in [6.07, 6.45) is 3.32. The van der Waals surface area contributed by atoms with Crippen LogP contribution in [0, 0.1) is 17.2 Å². The molecular weight excluding hydrogens is 388 g/mol. The summed E-state index contributed by atoms with van der Waals surface area (Å²) in [5, 5.41) is 11.1. The lowest BCUT2D eigenvalue weighted by atomic mass is 9.93. The first-order chi connectivity index (χ1) is 14.0. The number of aromatic nitrogens is 1. The Bertz CT molecular complexity index is 955. The Morgan fingerprint density at radius 2 is 1.93 bits per heavy atom. The van der Waals surface area contributed by atoms with E-state index in [9.17, 15) is 10.1 Å². The van der Waals surface area contributed by atoms with Gasteiger partial charge in [0.2, 0.25) is 5.91 Å². The number of amides is 1. The molecule has 2 atom stereocenters. The third-order valence-corrected chi connectivity index (χ3v) is 6.05. The quantitative estimate of drug-likeness (QED) is 0.753. The molecule has 2 aliphatic heterocycles. The molecule has 2 aromatic rings. The Hall–Kier alpha value is -2.36. The zero-order valence-electron chi connectivity index (χ0n) is 16.8. The van der Waals surface area contributed by atoms with E-state index in [4.69, 9.17) is 16.3 Å². The lowest BCUT2D eigenvalue weighted by Gasteiger charge is -2.40. The molecule has 2 fully saturated rings. The number of ether oxygens (including phenoxy) is 1. The van der Waals surface area contributed by atoms with Crippen LogP contribution >= 0.6 is 11.6 Å². The van der Waals surface area contributed by atoms with Crippen molar-refractivity contribution in [2.75, 3.05) is 31.1 Å². The summed E-state index contributed by atoms with van der Waals surface area (Å²) in [6.45, 7) is 6.81. The van der Waals surface area contributed by atoms with E-state index in [2.05, 4.69) is 16.0 Å². The number of carbonyl (C=O) groups is 1. The van der Waals surface area contributed by atoms with Crippen LogP contribution in [0.3, 0.4) is 0 Å². The maximum atomic E-state index is 13.0. The van der Waals surface area contributed by atoms with E-state index in [0.29, 0.717) is 23.7 Å². The SMILES string of the molecule is CC1CN(C(=O)C2CCN(c3c(C#N)cnc4ccc(Cl)cc34)CC2)CC(C)O1. The van der Waals surface area contributed by atoms with E-state index in [1.165, 1.54) is 0 Å². The number of rotatable bonds is 2. The maximum absolute atomic E-state index is 13.0. The van der Waals surface area contributed by atoms with E-state index in [0.717, 1.165) is 42.5 Å². The highest BCUT2D eigenvalue weighted by atomic mass is 35.5. The summed E-state index contributed by atoms with van der Waals surface area (Å²) in [6, 6.07) is 7.81. The summed E-state index contributed by atoms with van der Waals surface area (Å²) in [7, 11) is 0. The van der Waals surface area contributed by atoms with Crippen LogP contribution in [-0.2, 0) is 9.53 Å². The van der Waals surface area contributed by atoms with Crippen molar-refractivity contribution in [1.29, 1.82) is 5.26 Å². The fourth-order valence-electron chi connectivity index (χ4n) is 4.54. The number of benzene rings is 1. The molecule has 152 valence electrons. The zero-order chi connectivity index (χ0) is 20.5. The van der Waals surface area contributed by atoms with Crippen molar-refractivity contribution in [3.05, 3.63) is 35.0 Å². The van der Waals surface area contributed by atoms with E-state index < -0.39 is 0 Å². The molecule has 1 aromatic heterocycles. The first kappa shape index (κ1) is 19.9. The monoisotopic (exact) mass is 412 g/mol. The van der Waals surface area contributed by atoms with Gasteiger partial charge in [0.25, 0.3) is 0 Å². The van der Waals surface area contributed by atoms with Crippen LogP contribution in [0.5, 0.6) is 0 Å². The molecule has 0 N–H and O–H groups in total. The highest BCUT2D eigenvalue weighted by molar-refractivity contribution is 6.31. The van der Waals surface area contributed by atoms with E-state index >= 15 is 0 Å². The molecule has 0 radical (unpaired) electrons. The number of fused-ring (bicyclic) bond motifs is 1. The van der Waals surface area contributed by atoms with Crippen LogP contribution in [0.15, 0.2) is 24.4 Å². The Kier molecular flexibility index (Phi) is 5.62. The Morgan fingerprint density at radius 3 is 2.59 bits per heavy atom. The van der Waals surface area contributed by atoms with Gasteiger partial charge in [-0.05, 0) is 44.9 Å². The minimum Gasteiger partial charge on any atom is -0.372 e. The molecule has 2 saturated heterocycles. The molecule has 4 rings (SSSR count). The van der Waals surface area contributed by atoms with Crippen LogP contribution < -0.4 is 4.90 Å². The van der Waals surface area contributed by atoms with Crippen molar-refractivity contribution >= 4 is 34.1 Å². The average molecular weight is 413 g/mol. The number of nitrogens with zero attached hydrogens (tertiary/aromatic N) is 4. The van der Waals surface area contributed by atoms with Gasteiger partial charge in [0.1, 0.15) is 6.07 Å². The second-order valence-corrected chi connectivity index (χ2v) is 8.49. The topological polar surface area (TPSA) is 69.5 Å². The number of nitriles is 1. The third-order valence-electron chi connectivity index (χ3n) is 5.81. The highest BCUT2D eigenvalue weighted by Crippen LogP contribution is 2.34. The molecule has 1 aromatic carbocycles. The van der Waals surface area contributed by atoms with Gasteiger partial charge in [-0.2, -0.15) is 5.26 Å². The van der Waals surface area contributed by atoms with Crippen molar-refractivity contribution in [2.24, 2.45) is 5.92 Å². The summed E-state index contributed by atoms with van der Waals surface area (Å²) < 4.78 is 5.76. The molecular formula is C22H25ClN4O2. The van der Waals surface area contributed by atoms with Crippen LogP contribution in [0.25, 0.3) is 10.9 Å². The smallest absolute Gasteiger partial charge is 0.225 e. The van der Waals surface area contributed by atoms with E-state index in [1.807, 2.05) is 36.9 Å². The Labute approximate surface area is 176 Å². The molecule has 1 amide bonds. The lowest BCUT2D eigenvalue weighted by Crippen LogP contribution is -2.51. The third kappa shape index (κ3) is 4.03. The van der Waals surface area contributed by atoms with Gasteiger partial charge in [0.05, 0.1) is 29.0 Å². The number of halogens is 1. The molecule has 2 aliphatic rings. The molecule has 2 unspecified atom stereocenters. The molecule has 0 aliphatic carbocycles. The average Bonchev–Trinajstić information content (AvgIpc) is 2.71. The summed E-state index contributed by atoms with van der Waals surface area (Å²) in [4.78, 5) is 21.6. The Morgan fingerprint density at radius 1 is 1.24 bits per heavy atom. The normalized spacial score (nSPS) is 23.2. The van der Waals surface area contributed by atoms with Crippen molar-refractivity contribution in [3.8, 4) is 6.07 Å². The molecule has 0 bridgehead atoms. The molecule has 0 spiro atoms. The van der Waals surface area contributed by atoms with Gasteiger partial charge >= 0.3 is 0 Å². The fraction of sp³-hybridized carbons (Fsp3) is 0.500. The standard InChI is InChI=1S/C22H25ClN4O2/c1-14-12-27(13-15(2)29-14)22(28)16-5-7-26(8-6-16)21-17(10-24)11-25-20-4-3-18(23)9-19(20)21/h3-4,9,11,14-16H,5-8,12-13H2,1-2H3. The van der Waals surface area contributed by atoms with Crippen LogP contribution in [0.1, 0.15) is 32.3 Å². The van der Waals surface area contributed by atoms with Crippen LogP contribution in [-0.4, -0.2) is 54.2 Å². The van der Waals surface area contributed by atoms with E-state index in [-0.39, 0.29) is 24.0 Å². The summed E-state index contributed by atoms with van der Waals surface area (Å²) in [5.74, 6) is 0.251. The second kappa shape index (κ2) is 8.17. The number of carbonyl (C=O) groups excluding carboxylic acids is 1. The van der Waals surface area contributed by atoms with Crippen LogP contribution in [0.4, 0.5) is 5.69 Å². The van der Waals surface area contributed by atoms with E-state index in [1.54, 1.807) is 6.20 Å². The van der Waals surface area contributed by atoms with Gasteiger partial charge in [-0.25, -0.2) is 0 Å². The maximum Gasteiger partial charge on any atom is 0.225 e. The number of hydrogen-bond acceptors (Lipinski definition) is 5. The van der Waals surface area contributed by atoms with Crippen molar-refractivity contribution in [2.45, 2.75) is 38.9 Å². The predicted molar refractivity (Wildman–Crippen MR) is 113 cm³/mol. The summed E-state index contributed by atoms with van der Waals surface area (Å²) in [5.41, 5.74) is 2.23. The van der Waals surface area contributed by atoms with Crippen molar-refractivity contribution < 1.29 is 9.53 Å². The van der Waals surface area contributed by atoms with Gasteiger partial charge in [-0.1, -0.05) is 11.6 Å². The van der Waals surface area contributed by atoms with Gasteiger partial charge in [0.15, 0.2) is 0 Å². The molecule has 0 saturated carbocycles. The second-order valence-electron chi connectivity index (χ2n) is 8.06. The number of hydrogen-bond donors (Lipinski definition) is 0. The van der Waals surface area contributed by atoms with Gasteiger partial charge < -0.3 is 14.5 Å². The lowest BCUT2D eigenvalue weighted by molar-refractivity contribution is -0.148. The first-order valence-electron chi connectivity index (χ1n) is 10.1. The largest absolute Gasteiger partial charge is 0.372 e. The van der Waals surface area contributed by atoms with Gasteiger partial charge in [0, 0.05) is 48.7 Å². The zero-order valence-corrected chi connectivity index (χ0v) is 17.5. The van der Waals surface area contributed by atoms with Crippen LogP contribution in [0.2, 0.25) is 5.02 Å². The first-order valence-corrected chi connectivity index (χ1v) is 10.5. The molecule has 3 heterocycles. The number of anilines is 1. The number of piperidine rings is 1. The summed E-state index contributed by atoms with van der Waals surface area (Å²) >= 11 is 6.21. The van der Waals surface area contributed by atoms with Gasteiger partial charge in [-0.15, -0.1) is 0 Å². The fourth-order valence-corrected chi connectivity index (χ4v) is 4.71. The van der Waals surface area contributed by atoms with Gasteiger partial charge in [-0.3, -0.25) is 9.78 Å². The van der Waals surface area contributed by atoms with Crippen molar-refractivity contribution in [1.82, 2.24) is 9.88 Å². The predicted octanol–water partition coefficient (Wildman–Crippen LogP) is 3.61. The van der Waals surface area contributed by atoms with Crippen molar-refractivity contribution in [3.63, 3.8) is 0 Å². The number of pyridine rings is 1.